The zero-order valence-electron chi connectivity index (χ0n) is 16.2. The van der Waals surface area contributed by atoms with Gasteiger partial charge in [0.2, 0.25) is 0 Å². The maximum Gasteiger partial charge on any atom is 0.323 e. The van der Waals surface area contributed by atoms with Crippen LogP contribution >= 0.6 is 0 Å². The number of hydrogen-bond donors (Lipinski definition) is 6. The molecule has 0 aliphatic carbocycles. The second-order valence-electron chi connectivity index (χ2n) is 6.63. The van der Waals surface area contributed by atoms with Gasteiger partial charge in [-0.15, -0.1) is 0 Å². The van der Waals surface area contributed by atoms with Crippen molar-refractivity contribution in [1.29, 1.82) is 5.41 Å². The number of carbonyl (C=O) groups is 2. The van der Waals surface area contributed by atoms with E-state index in [1.54, 1.807) is 42.5 Å². The van der Waals surface area contributed by atoms with Crippen LogP contribution in [0.1, 0.15) is 21.5 Å². The first-order valence-electron chi connectivity index (χ1n) is 9.05. The monoisotopic (exact) mass is 403 g/mol. The molecule has 0 aliphatic rings. The molecule has 0 saturated carbocycles. The van der Waals surface area contributed by atoms with Crippen LogP contribution in [0.15, 0.2) is 66.7 Å². The summed E-state index contributed by atoms with van der Waals surface area (Å²) in [6, 6.07) is 17.4. The van der Waals surface area contributed by atoms with Crippen LogP contribution in [0.5, 0.6) is 5.75 Å². The number of phenols is 1. The first-order chi connectivity index (χ1) is 14.3. The van der Waals surface area contributed by atoms with E-state index < -0.39 is 6.03 Å². The maximum absolute atomic E-state index is 12.3. The molecule has 3 rings (SSSR count). The van der Waals surface area contributed by atoms with E-state index >= 15 is 0 Å². The summed E-state index contributed by atoms with van der Waals surface area (Å²) in [5, 5.41) is 25.5. The van der Waals surface area contributed by atoms with Crippen molar-refractivity contribution in [2.24, 2.45) is 5.73 Å². The van der Waals surface area contributed by atoms with Gasteiger partial charge in [0.25, 0.3) is 5.91 Å². The summed E-state index contributed by atoms with van der Waals surface area (Å²) in [5.74, 6) is -0.645. The molecule has 0 fully saturated rings. The summed E-state index contributed by atoms with van der Waals surface area (Å²) < 4.78 is 0. The fourth-order valence-corrected chi connectivity index (χ4v) is 2.67. The van der Waals surface area contributed by atoms with Crippen LogP contribution in [0.25, 0.3) is 0 Å². The molecule has 8 nitrogen and oxygen atoms in total. The van der Waals surface area contributed by atoms with E-state index in [-0.39, 0.29) is 23.2 Å². The summed E-state index contributed by atoms with van der Waals surface area (Å²) in [6.45, 7) is 1.93. The Bertz CT molecular complexity index is 1110. The molecular weight excluding hydrogens is 382 g/mol. The molecule has 0 spiro atoms. The zero-order chi connectivity index (χ0) is 21.7. The average Bonchev–Trinajstić information content (AvgIpc) is 2.70. The van der Waals surface area contributed by atoms with Gasteiger partial charge in [-0.3, -0.25) is 10.2 Å². The van der Waals surface area contributed by atoms with Crippen molar-refractivity contribution in [3.8, 4) is 5.75 Å². The second kappa shape index (κ2) is 8.78. The normalized spacial score (nSPS) is 10.2. The highest BCUT2D eigenvalue weighted by Crippen LogP contribution is 2.27. The molecule has 7 N–H and O–H groups in total. The Morgan fingerprint density at radius 3 is 2.17 bits per heavy atom. The van der Waals surface area contributed by atoms with Gasteiger partial charge in [-0.25, -0.2) is 4.79 Å². The number of nitrogens with two attached hydrogens (primary N) is 1. The van der Waals surface area contributed by atoms with Crippen molar-refractivity contribution in [3.63, 3.8) is 0 Å². The Balaban J connectivity index is 1.64. The highest BCUT2D eigenvalue weighted by Gasteiger charge is 2.11. The fourth-order valence-electron chi connectivity index (χ4n) is 2.67. The largest absolute Gasteiger partial charge is 0.506 e. The zero-order valence-corrected chi connectivity index (χ0v) is 16.2. The molecule has 0 heterocycles. The van der Waals surface area contributed by atoms with Crippen LogP contribution in [0, 0.1) is 12.3 Å². The van der Waals surface area contributed by atoms with Crippen molar-refractivity contribution in [3.05, 3.63) is 83.4 Å². The Morgan fingerprint density at radius 2 is 1.53 bits per heavy atom. The second-order valence-corrected chi connectivity index (χ2v) is 6.63. The third kappa shape index (κ3) is 5.14. The SMILES string of the molecule is Cc1ccc(C(=O)Nc2ccc(NC(=O)Nc3cccc(C(=N)N)c3)cc2O)cc1. The lowest BCUT2D eigenvalue weighted by atomic mass is 10.1. The molecule has 3 aromatic rings. The van der Waals surface area contributed by atoms with Crippen molar-refractivity contribution >= 4 is 34.8 Å². The number of amidine groups is 1. The van der Waals surface area contributed by atoms with Gasteiger partial charge in [-0.1, -0.05) is 29.8 Å². The van der Waals surface area contributed by atoms with Gasteiger partial charge in [0, 0.05) is 28.6 Å². The standard InChI is InChI=1S/C22H21N5O3/c1-13-5-7-14(8-6-13)21(29)27-18-10-9-17(12-19(18)28)26-22(30)25-16-4-2-3-15(11-16)20(23)24/h2-12,28H,1H3,(H3,23,24)(H,27,29)(H2,25,26,30). The van der Waals surface area contributed by atoms with Crippen molar-refractivity contribution in [2.75, 3.05) is 16.0 Å². The summed E-state index contributed by atoms with van der Waals surface area (Å²) in [6.07, 6.45) is 0. The maximum atomic E-state index is 12.3. The van der Waals surface area contributed by atoms with E-state index in [0.717, 1.165) is 5.56 Å². The van der Waals surface area contributed by atoms with Crippen LogP contribution in [0.4, 0.5) is 21.9 Å². The average molecular weight is 403 g/mol. The number of rotatable bonds is 5. The molecule has 0 aromatic heterocycles. The van der Waals surface area contributed by atoms with Crippen molar-refractivity contribution in [1.82, 2.24) is 0 Å². The first-order valence-corrected chi connectivity index (χ1v) is 9.05. The topological polar surface area (TPSA) is 140 Å². The Morgan fingerprint density at radius 1 is 0.867 bits per heavy atom. The summed E-state index contributed by atoms with van der Waals surface area (Å²) in [7, 11) is 0. The van der Waals surface area contributed by atoms with Crippen LogP contribution < -0.4 is 21.7 Å². The number of carbonyl (C=O) groups excluding carboxylic acids is 2. The molecule has 3 aromatic carbocycles. The van der Waals surface area contributed by atoms with Crippen LogP contribution in [-0.2, 0) is 0 Å². The summed E-state index contributed by atoms with van der Waals surface area (Å²) >= 11 is 0. The predicted octanol–water partition coefficient (Wildman–Crippen LogP) is 3.88. The molecule has 0 aliphatic heterocycles. The number of urea groups is 1. The highest BCUT2D eigenvalue weighted by atomic mass is 16.3. The van der Waals surface area contributed by atoms with Crippen molar-refractivity contribution < 1.29 is 14.7 Å². The summed E-state index contributed by atoms with van der Waals surface area (Å²) in [5.41, 5.74) is 8.45. The van der Waals surface area contributed by atoms with Crippen molar-refractivity contribution in [2.45, 2.75) is 6.92 Å². The number of anilines is 3. The predicted molar refractivity (Wildman–Crippen MR) is 117 cm³/mol. The van der Waals surface area contributed by atoms with E-state index in [1.807, 2.05) is 19.1 Å². The quantitative estimate of drug-likeness (QED) is 0.218. The Labute approximate surface area is 173 Å². The number of amides is 3. The van der Waals surface area contributed by atoms with Crippen LogP contribution in [0.2, 0.25) is 0 Å². The van der Waals surface area contributed by atoms with E-state index in [1.165, 1.54) is 12.1 Å². The minimum absolute atomic E-state index is 0.104. The molecule has 0 saturated heterocycles. The lowest BCUT2D eigenvalue weighted by Crippen LogP contribution is -2.20. The van der Waals surface area contributed by atoms with Gasteiger partial charge in [0.05, 0.1) is 5.69 Å². The Hall–Kier alpha value is -4.33. The smallest absolute Gasteiger partial charge is 0.323 e. The molecular formula is C22H21N5O3. The number of phenolic OH excluding ortho intramolecular Hbond substituents is 1. The van der Waals surface area contributed by atoms with Gasteiger partial charge < -0.3 is 26.8 Å². The fraction of sp³-hybridized carbons (Fsp3) is 0.0455. The number of hydrogen-bond acceptors (Lipinski definition) is 4. The molecule has 0 unspecified atom stereocenters. The molecule has 3 amide bonds. The minimum atomic E-state index is -0.536. The van der Waals surface area contributed by atoms with E-state index in [2.05, 4.69) is 16.0 Å². The first kappa shape index (κ1) is 20.4. The van der Waals surface area contributed by atoms with Crippen LogP contribution in [-0.4, -0.2) is 22.9 Å². The van der Waals surface area contributed by atoms with Gasteiger partial charge in [0.1, 0.15) is 11.6 Å². The third-order valence-electron chi connectivity index (χ3n) is 4.25. The molecule has 0 atom stereocenters. The van der Waals surface area contributed by atoms with Gasteiger partial charge in [-0.05, 0) is 43.3 Å². The van der Waals surface area contributed by atoms with Gasteiger partial charge in [0.15, 0.2) is 0 Å². The highest BCUT2D eigenvalue weighted by molar-refractivity contribution is 6.05. The molecule has 0 radical (unpaired) electrons. The lowest BCUT2D eigenvalue weighted by Gasteiger charge is -2.11. The number of nitrogen functional groups attached to an aromatic ring is 1. The molecule has 0 bridgehead atoms. The number of benzene rings is 3. The van der Waals surface area contributed by atoms with E-state index in [9.17, 15) is 14.7 Å². The third-order valence-corrected chi connectivity index (χ3v) is 4.25. The number of aryl methyl sites for hydroxylation is 1. The number of nitrogens with one attached hydrogen (secondary N) is 4. The van der Waals surface area contributed by atoms with E-state index in [4.69, 9.17) is 11.1 Å². The Kier molecular flexibility index (Phi) is 5.97. The minimum Gasteiger partial charge on any atom is -0.506 e. The molecule has 30 heavy (non-hydrogen) atoms. The van der Waals surface area contributed by atoms with E-state index in [0.29, 0.717) is 22.5 Å². The van der Waals surface area contributed by atoms with Crippen LogP contribution in [0.3, 0.4) is 0 Å². The number of aromatic hydroxyl groups is 1. The summed E-state index contributed by atoms with van der Waals surface area (Å²) in [4.78, 5) is 24.5. The van der Waals surface area contributed by atoms with Gasteiger partial charge in [-0.2, -0.15) is 0 Å². The van der Waals surface area contributed by atoms with Gasteiger partial charge >= 0.3 is 6.03 Å². The lowest BCUT2D eigenvalue weighted by molar-refractivity contribution is 0.102. The molecule has 8 heteroatoms. The molecule has 152 valence electrons.